The maximum absolute atomic E-state index is 5.95. The van der Waals surface area contributed by atoms with Gasteiger partial charge in [0.25, 0.3) is 0 Å². The molecule has 0 unspecified atom stereocenters. The fourth-order valence-corrected chi connectivity index (χ4v) is 4.61. The van der Waals surface area contributed by atoms with Crippen LogP contribution < -0.4 is 0 Å². The van der Waals surface area contributed by atoms with Crippen molar-refractivity contribution < 1.29 is 46.6 Å². The summed E-state index contributed by atoms with van der Waals surface area (Å²) in [6.45, 7) is 17.1. The Bertz CT molecular complexity index is 153. The Hall–Kier alpha value is 1.61. The van der Waals surface area contributed by atoms with Crippen LogP contribution in [0.4, 0.5) is 0 Å². The van der Waals surface area contributed by atoms with Crippen molar-refractivity contribution in [2.75, 3.05) is 0 Å². The third-order valence-electron chi connectivity index (χ3n) is 1.10. The Labute approximate surface area is 121 Å². The molecule has 5 heteroatoms. The quantitative estimate of drug-likeness (QED) is 0.545. The summed E-state index contributed by atoms with van der Waals surface area (Å²) in [7, 11) is -2.99. The van der Waals surface area contributed by atoms with Gasteiger partial charge in [-0.15, -0.1) is 0 Å². The summed E-state index contributed by atoms with van der Waals surface area (Å²) in [6.07, 6.45) is 0. The van der Waals surface area contributed by atoms with E-state index in [1.165, 1.54) is 0 Å². The van der Waals surface area contributed by atoms with Gasteiger partial charge < -0.3 is 8.85 Å². The van der Waals surface area contributed by atoms with Gasteiger partial charge in [-0.2, -0.15) is 0 Å². The van der Waals surface area contributed by atoms with Crippen LogP contribution in [0.2, 0.25) is 39.3 Å². The van der Waals surface area contributed by atoms with E-state index in [0.717, 1.165) is 0 Å². The molecule has 0 aromatic rings. The number of rotatable bonds is 4. The van der Waals surface area contributed by atoms with Crippen LogP contribution >= 0.6 is 0 Å². The SMILES string of the molecule is CC(C)(O[Si](C)(C)C)O[Si](C)(C)C.[Ho]. The molecular weight excluding hydrogens is 361 g/mol. The third-order valence-corrected chi connectivity index (χ3v) is 3.31. The molecule has 0 aromatic heterocycles. The van der Waals surface area contributed by atoms with Gasteiger partial charge in [-0.3, -0.25) is 0 Å². The molecule has 91 valence electrons. The maximum atomic E-state index is 5.95. The minimum atomic E-state index is -1.50. The van der Waals surface area contributed by atoms with Gasteiger partial charge in [-0.05, 0) is 53.1 Å². The Balaban J connectivity index is 0. The molecule has 0 heterocycles. The molecule has 0 spiro atoms. The molecule has 0 saturated carbocycles. The molecule has 0 fully saturated rings. The molecule has 0 bridgehead atoms. The van der Waals surface area contributed by atoms with E-state index in [-0.39, 0.29) is 37.7 Å². The summed E-state index contributed by atoms with van der Waals surface area (Å²) in [5.41, 5.74) is 0. The Kier molecular flexibility index (Phi) is 7.45. The molecule has 0 rings (SSSR count). The molecule has 0 aliphatic heterocycles. The Morgan fingerprint density at radius 2 is 0.929 bits per heavy atom. The van der Waals surface area contributed by atoms with Gasteiger partial charge in [0.1, 0.15) is 5.79 Å². The van der Waals surface area contributed by atoms with E-state index >= 15 is 0 Å². The molecule has 14 heavy (non-hydrogen) atoms. The predicted octanol–water partition coefficient (Wildman–Crippen LogP) is 3.43. The standard InChI is InChI=1S/C9H24O2Si2.Ho/c1-9(2,10-12(3,4)5)11-13(6,7)8;/h1-8H3;. The fraction of sp³-hybridized carbons (Fsp3) is 1.00. The van der Waals surface area contributed by atoms with Gasteiger partial charge in [0.05, 0.1) is 0 Å². The second-order valence-corrected chi connectivity index (χ2v) is 14.7. The summed E-state index contributed by atoms with van der Waals surface area (Å²) in [5.74, 6) is -0.408. The molecule has 0 N–H and O–H groups in total. The van der Waals surface area contributed by atoms with E-state index in [1.807, 2.05) is 13.8 Å². The van der Waals surface area contributed by atoms with Gasteiger partial charge in [-0.1, -0.05) is 0 Å². The third kappa shape index (κ3) is 11.7. The summed E-state index contributed by atoms with van der Waals surface area (Å²) < 4.78 is 11.9. The first kappa shape index (κ1) is 18.0. The van der Waals surface area contributed by atoms with Gasteiger partial charge in [0, 0.05) is 37.7 Å². The van der Waals surface area contributed by atoms with Crippen molar-refractivity contribution in [2.45, 2.75) is 58.9 Å². The van der Waals surface area contributed by atoms with Crippen molar-refractivity contribution in [2.24, 2.45) is 0 Å². The Morgan fingerprint density at radius 1 is 0.714 bits per heavy atom. The molecular formula is C9H24HoO2Si2. The van der Waals surface area contributed by atoms with Crippen molar-refractivity contribution in [3.05, 3.63) is 0 Å². The smallest absolute Gasteiger partial charge is 0.187 e. The molecule has 0 aliphatic rings. The zero-order valence-electron chi connectivity index (χ0n) is 10.6. The minimum absolute atomic E-state index is 0. The van der Waals surface area contributed by atoms with Gasteiger partial charge in [-0.25, -0.2) is 0 Å². The molecule has 0 amide bonds. The van der Waals surface area contributed by atoms with Crippen molar-refractivity contribution in [3.63, 3.8) is 0 Å². The molecule has 0 saturated heterocycles. The summed E-state index contributed by atoms with van der Waals surface area (Å²) in [5, 5.41) is 0. The zero-order valence-corrected chi connectivity index (χ0v) is 14.6. The summed E-state index contributed by atoms with van der Waals surface area (Å²) >= 11 is 0. The topological polar surface area (TPSA) is 18.5 Å². The molecule has 0 aromatic carbocycles. The molecule has 0 atom stereocenters. The van der Waals surface area contributed by atoms with Crippen molar-refractivity contribution in [3.8, 4) is 0 Å². The first-order chi connectivity index (χ1) is 5.41. The second kappa shape index (κ2) is 5.80. The van der Waals surface area contributed by atoms with E-state index in [9.17, 15) is 0 Å². The van der Waals surface area contributed by atoms with Crippen LogP contribution in [0.5, 0.6) is 0 Å². The van der Waals surface area contributed by atoms with Crippen molar-refractivity contribution >= 4 is 16.6 Å². The van der Waals surface area contributed by atoms with Crippen LogP contribution in [0.1, 0.15) is 13.8 Å². The predicted molar refractivity (Wildman–Crippen MR) is 62.9 cm³/mol. The fourth-order valence-electron chi connectivity index (χ4n) is 1.50. The van der Waals surface area contributed by atoms with E-state index < -0.39 is 22.4 Å². The largest absolute Gasteiger partial charge is 0.392 e. The normalized spacial score (nSPS) is 13.7. The minimum Gasteiger partial charge on any atom is -0.392 e. The van der Waals surface area contributed by atoms with E-state index in [0.29, 0.717) is 0 Å². The van der Waals surface area contributed by atoms with Crippen LogP contribution in [-0.4, -0.2) is 22.4 Å². The Morgan fingerprint density at radius 3 is 1.07 bits per heavy atom. The second-order valence-electron chi connectivity index (χ2n) is 5.83. The first-order valence-electron chi connectivity index (χ1n) is 4.82. The van der Waals surface area contributed by atoms with Crippen LogP contribution in [-0.2, 0) is 8.85 Å². The van der Waals surface area contributed by atoms with Gasteiger partial charge in [0.15, 0.2) is 16.6 Å². The van der Waals surface area contributed by atoms with Crippen LogP contribution in [0.3, 0.4) is 0 Å². The summed E-state index contributed by atoms with van der Waals surface area (Å²) in [6, 6.07) is 0. The monoisotopic (exact) mass is 385 g/mol. The van der Waals surface area contributed by atoms with Gasteiger partial charge >= 0.3 is 0 Å². The van der Waals surface area contributed by atoms with Crippen LogP contribution in [0.15, 0.2) is 0 Å². The van der Waals surface area contributed by atoms with E-state index in [1.54, 1.807) is 0 Å². The van der Waals surface area contributed by atoms with E-state index in [4.69, 9.17) is 8.85 Å². The summed E-state index contributed by atoms with van der Waals surface area (Å²) in [4.78, 5) is 0. The average molecular weight is 385 g/mol. The van der Waals surface area contributed by atoms with Crippen LogP contribution in [0, 0.1) is 37.7 Å². The molecule has 2 nitrogen and oxygen atoms in total. The van der Waals surface area contributed by atoms with Crippen molar-refractivity contribution in [1.29, 1.82) is 0 Å². The zero-order chi connectivity index (χ0) is 10.9. The number of hydrogen-bond donors (Lipinski definition) is 0. The molecule has 0 aliphatic carbocycles. The van der Waals surface area contributed by atoms with Crippen molar-refractivity contribution in [1.82, 2.24) is 0 Å². The van der Waals surface area contributed by atoms with E-state index in [2.05, 4.69) is 39.3 Å². The number of hydrogen-bond acceptors (Lipinski definition) is 2. The van der Waals surface area contributed by atoms with Gasteiger partial charge in [0.2, 0.25) is 0 Å². The average Bonchev–Trinajstić information content (AvgIpc) is 1.43. The first-order valence-corrected chi connectivity index (χ1v) is 11.6. The van der Waals surface area contributed by atoms with Crippen LogP contribution in [0.25, 0.3) is 0 Å². The maximum Gasteiger partial charge on any atom is 0.187 e. The molecule has 1 radical (unpaired) electrons.